The Morgan fingerprint density at radius 3 is 2.75 bits per heavy atom. The lowest BCUT2D eigenvalue weighted by molar-refractivity contribution is -0.154. The Hall–Kier alpha value is -2.62. The second-order valence-corrected chi connectivity index (χ2v) is 7.00. The molecule has 0 spiro atoms. The van der Waals surface area contributed by atoms with Gasteiger partial charge in [0, 0.05) is 22.8 Å². The molecule has 10 heteroatoms. The number of benzene rings is 1. The summed E-state index contributed by atoms with van der Waals surface area (Å²) in [5, 5.41) is 2.56. The van der Waals surface area contributed by atoms with Crippen LogP contribution in [-0.4, -0.2) is 36.1 Å². The van der Waals surface area contributed by atoms with Gasteiger partial charge in [0.25, 0.3) is 0 Å². The summed E-state index contributed by atoms with van der Waals surface area (Å²) >= 11 is 3.35. The van der Waals surface area contributed by atoms with Gasteiger partial charge in [0.1, 0.15) is 5.92 Å². The number of carbonyl (C=O) groups excluding carboxylic acids is 2. The topological polar surface area (TPSA) is 71.5 Å². The Balaban J connectivity index is 1.60. The molecule has 1 saturated heterocycles. The summed E-state index contributed by atoms with van der Waals surface area (Å²) < 4.78 is 41.7. The van der Waals surface area contributed by atoms with Crippen LogP contribution in [0, 0.1) is 5.92 Å². The molecule has 1 fully saturated rings. The number of nitrogens with zero attached hydrogens (tertiary/aromatic N) is 2. The van der Waals surface area contributed by atoms with Gasteiger partial charge < -0.3 is 15.0 Å². The molecule has 1 aromatic heterocycles. The fraction of sp³-hybridized carbons (Fsp3) is 0.278. The van der Waals surface area contributed by atoms with Crippen LogP contribution in [0.2, 0.25) is 0 Å². The SMILES string of the molecule is O=C(Nc1ccc(OCC(F)(F)F)nc1)C1CCN(c2cccc(Br)c2)C1=O. The molecule has 6 nitrogen and oxygen atoms in total. The molecule has 0 radical (unpaired) electrons. The number of amides is 2. The zero-order valence-corrected chi connectivity index (χ0v) is 16.0. The Bertz CT molecular complexity index is 874. The van der Waals surface area contributed by atoms with E-state index in [1.54, 1.807) is 23.1 Å². The van der Waals surface area contributed by atoms with Crippen LogP contribution < -0.4 is 15.0 Å². The summed E-state index contributed by atoms with van der Waals surface area (Å²) in [5.74, 6) is -1.87. The molecule has 148 valence electrons. The molecule has 28 heavy (non-hydrogen) atoms. The smallest absolute Gasteiger partial charge is 0.422 e. The Morgan fingerprint density at radius 2 is 2.11 bits per heavy atom. The molecule has 3 rings (SSSR count). The fourth-order valence-electron chi connectivity index (χ4n) is 2.75. The lowest BCUT2D eigenvalue weighted by atomic mass is 10.1. The minimum Gasteiger partial charge on any atom is -0.468 e. The standard InChI is InChI=1S/C18H15BrF3N3O3/c19-11-2-1-3-13(8-11)25-7-6-14(17(25)27)16(26)24-12-4-5-15(23-9-12)28-10-18(20,21)22/h1-5,8-9,14H,6-7,10H2,(H,24,26). The van der Waals surface area contributed by atoms with Crippen molar-refractivity contribution >= 4 is 39.1 Å². The van der Waals surface area contributed by atoms with E-state index < -0.39 is 24.6 Å². The summed E-state index contributed by atoms with van der Waals surface area (Å²) in [4.78, 5) is 30.3. The highest BCUT2D eigenvalue weighted by Crippen LogP contribution is 2.28. The number of anilines is 2. The molecule has 1 aliphatic rings. The number of halogens is 4. The average molecular weight is 458 g/mol. The third-order valence-corrected chi connectivity index (χ3v) is 4.52. The van der Waals surface area contributed by atoms with Gasteiger partial charge in [0.2, 0.25) is 17.7 Å². The number of hydrogen-bond acceptors (Lipinski definition) is 4. The van der Waals surface area contributed by atoms with Crippen molar-refractivity contribution in [1.29, 1.82) is 0 Å². The zero-order chi connectivity index (χ0) is 20.3. The van der Waals surface area contributed by atoms with E-state index in [-0.39, 0.29) is 17.5 Å². The van der Waals surface area contributed by atoms with Crippen molar-refractivity contribution in [3.8, 4) is 5.88 Å². The molecule has 2 heterocycles. The van der Waals surface area contributed by atoms with Gasteiger partial charge in [-0.05, 0) is 30.7 Å². The van der Waals surface area contributed by atoms with Gasteiger partial charge in [-0.2, -0.15) is 13.2 Å². The Labute approximate surface area is 166 Å². The normalized spacial score (nSPS) is 16.9. The second kappa shape index (κ2) is 8.17. The van der Waals surface area contributed by atoms with Crippen molar-refractivity contribution in [1.82, 2.24) is 4.98 Å². The zero-order valence-electron chi connectivity index (χ0n) is 14.4. The van der Waals surface area contributed by atoms with Crippen molar-refractivity contribution in [2.24, 2.45) is 5.92 Å². The average Bonchev–Trinajstić information content (AvgIpc) is 3.02. The van der Waals surface area contributed by atoms with E-state index in [0.717, 1.165) is 4.47 Å². The molecule has 1 atom stereocenters. The highest BCUT2D eigenvalue weighted by Gasteiger charge is 2.37. The lowest BCUT2D eigenvalue weighted by Crippen LogP contribution is -2.33. The quantitative estimate of drug-likeness (QED) is 0.693. The van der Waals surface area contributed by atoms with Crippen LogP contribution >= 0.6 is 15.9 Å². The number of ether oxygens (including phenoxy) is 1. The third-order valence-electron chi connectivity index (χ3n) is 4.03. The number of rotatable bonds is 5. The number of pyridine rings is 1. The number of hydrogen-bond donors (Lipinski definition) is 1. The third kappa shape index (κ3) is 5.00. The largest absolute Gasteiger partial charge is 0.468 e. The van der Waals surface area contributed by atoms with Gasteiger partial charge in [-0.15, -0.1) is 0 Å². The molecule has 2 amide bonds. The molecule has 1 aliphatic heterocycles. The molecule has 0 aliphatic carbocycles. The van der Waals surface area contributed by atoms with E-state index >= 15 is 0 Å². The summed E-state index contributed by atoms with van der Waals surface area (Å²) in [6, 6.07) is 9.79. The lowest BCUT2D eigenvalue weighted by Gasteiger charge is -2.17. The first-order valence-electron chi connectivity index (χ1n) is 8.26. The van der Waals surface area contributed by atoms with E-state index in [1.165, 1.54) is 18.3 Å². The first kappa shape index (κ1) is 20.1. The number of aromatic nitrogens is 1. The van der Waals surface area contributed by atoms with Crippen molar-refractivity contribution in [3.63, 3.8) is 0 Å². The van der Waals surface area contributed by atoms with Crippen LogP contribution in [0.1, 0.15) is 6.42 Å². The minimum absolute atomic E-state index is 0.215. The van der Waals surface area contributed by atoms with Gasteiger partial charge >= 0.3 is 6.18 Å². The summed E-state index contributed by atoms with van der Waals surface area (Å²) in [7, 11) is 0. The van der Waals surface area contributed by atoms with Crippen LogP contribution in [-0.2, 0) is 9.59 Å². The molecule has 0 saturated carbocycles. The van der Waals surface area contributed by atoms with E-state index in [1.807, 2.05) is 6.07 Å². The maximum atomic E-state index is 12.6. The summed E-state index contributed by atoms with van der Waals surface area (Å²) in [6.45, 7) is -1.04. The van der Waals surface area contributed by atoms with Gasteiger partial charge in [0.15, 0.2) is 6.61 Å². The number of nitrogens with one attached hydrogen (secondary N) is 1. The van der Waals surface area contributed by atoms with E-state index in [4.69, 9.17) is 0 Å². The van der Waals surface area contributed by atoms with Gasteiger partial charge in [-0.1, -0.05) is 22.0 Å². The molecular formula is C18H15BrF3N3O3. The maximum Gasteiger partial charge on any atom is 0.422 e. The number of carbonyl (C=O) groups is 2. The predicted molar refractivity (Wildman–Crippen MR) is 99.0 cm³/mol. The van der Waals surface area contributed by atoms with Gasteiger partial charge in [-0.25, -0.2) is 4.98 Å². The Kier molecular flexibility index (Phi) is 5.87. The highest BCUT2D eigenvalue weighted by molar-refractivity contribution is 9.10. The van der Waals surface area contributed by atoms with Crippen molar-refractivity contribution in [3.05, 3.63) is 47.1 Å². The van der Waals surface area contributed by atoms with Crippen LogP contribution in [0.25, 0.3) is 0 Å². The molecule has 1 unspecified atom stereocenters. The van der Waals surface area contributed by atoms with Crippen LogP contribution in [0.15, 0.2) is 47.1 Å². The van der Waals surface area contributed by atoms with Crippen LogP contribution in [0.5, 0.6) is 5.88 Å². The first-order valence-corrected chi connectivity index (χ1v) is 9.06. The molecule has 1 aromatic carbocycles. The van der Waals surface area contributed by atoms with Crippen LogP contribution in [0.4, 0.5) is 24.5 Å². The van der Waals surface area contributed by atoms with Gasteiger partial charge in [-0.3, -0.25) is 9.59 Å². The Morgan fingerprint density at radius 1 is 1.32 bits per heavy atom. The fourth-order valence-corrected chi connectivity index (χ4v) is 3.14. The van der Waals surface area contributed by atoms with Crippen molar-refractivity contribution in [2.75, 3.05) is 23.4 Å². The monoisotopic (exact) mass is 457 g/mol. The molecule has 1 N–H and O–H groups in total. The predicted octanol–water partition coefficient (Wildman–Crippen LogP) is 3.78. The van der Waals surface area contributed by atoms with Crippen molar-refractivity contribution in [2.45, 2.75) is 12.6 Å². The molecular weight excluding hydrogens is 443 g/mol. The van der Waals surface area contributed by atoms with Gasteiger partial charge in [0.05, 0.1) is 11.9 Å². The van der Waals surface area contributed by atoms with Crippen LogP contribution in [0.3, 0.4) is 0 Å². The maximum absolute atomic E-state index is 12.6. The van der Waals surface area contributed by atoms with E-state index in [2.05, 4.69) is 31.0 Å². The molecule has 0 bridgehead atoms. The van der Waals surface area contributed by atoms with E-state index in [0.29, 0.717) is 18.7 Å². The van der Waals surface area contributed by atoms with Crippen molar-refractivity contribution < 1.29 is 27.5 Å². The van der Waals surface area contributed by atoms with E-state index in [9.17, 15) is 22.8 Å². The summed E-state index contributed by atoms with van der Waals surface area (Å²) in [6.07, 6.45) is -2.93. The minimum atomic E-state index is -4.46. The molecule has 2 aromatic rings. The number of alkyl halides is 3. The second-order valence-electron chi connectivity index (χ2n) is 6.09. The summed E-state index contributed by atoms with van der Waals surface area (Å²) in [5.41, 5.74) is 0.959. The highest BCUT2D eigenvalue weighted by atomic mass is 79.9. The first-order chi connectivity index (χ1) is 13.2.